The molecule has 1 heterocycles. The minimum atomic E-state index is 1.00. The fourth-order valence-electron chi connectivity index (χ4n) is 3.41. The summed E-state index contributed by atoms with van der Waals surface area (Å²) < 4.78 is 0. The number of H-pyrrole nitrogens is 1. The SMILES string of the molecule is C1=Cc2ccc(-c3ccc(-c4ccc5nc[nH]c5c4)cc3)cc2C1. The average Bonchev–Trinajstić information content (AvgIpc) is 3.29. The molecule has 0 saturated carbocycles. The predicted molar refractivity (Wildman–Crippen MR) is 99.7 cm³/mol. The molecule has 0 aliphatic heterocycles. The number of fused-ring (bicyclic) bond motifs is 2. The molecule has 0 unspecified atom stereocenters. The Hall–Kier alpha value is -3.13. The van der Waals surface area contributed by atoms with E-state index in [0.29, 0.717) is 0 Å². The molecule has 0 amide bonds. The van der Waals surface area contributed by atoms with E-state index in [9.17, 15) is 0 Å². The number of nitrogens with zero attached hydrogens (tertiary/aromatic N) is 1. The quantitative estimate of drug-likeness (QED) is 0.523. The summed E-state index contributed by atoms with van der Waals surface area (Å²) in [5.74, 6) is 0. The Kier molecular flexibility index (Phi) is 2.89. The molecule has 114 valence electrons. The van der Waals surface area contributed by atoms with Crippen molar-refractivity contribution in [2.75, 3.05) is 0 Å². The van der Waals surface area contributed by atoms with E-state index in [4.69, 9.17) is 0 Å². The molecule has 0 fully saturated rings. The van der Waals surface area contributed by atoms with Gasteiger partial charge in [0.05, 0.1) is 17.4 Å². The van der Waals surface area contributed by atoms with Crippen molar-refractivity contribution in [2.24, 2.45) is 0 Å². The van der Waals surface area contributed by atoms with Gasteiger partial charge >= 0.3 is 0 Å². The number of hydrogen-bond donors (Lipinski definition) is 1. The summed E-state index contributed by atoms with van der Waals surface area (Å²) >= 11 is 0. The van der Waals surface area contributed by atoms with Crippen molar-refractivity contribution < 1.29 is 0 Å². The largest absolute Gasteiger partial charge is 0.345 e. The van der Waals surface area contributed by atoms with Crippen molar-refractivity contribution in [2.45, 2.75) is 6.42 Å². The topological polar surface area (TPSA) is 28.7 Å². The third-order valence-corrected chi connectivity index (χ3v) is 4.75. The van der Waals surface area contributed by atoms with Crippen LogP contribution in [-0.2, 0) is 6.42 Å². The molecule has 2 nitrogen and oxygen atoms in total. The van der Waals surface area contributed by atoms with E-state index in [1.807, 2.05) is 0 Å². The van der Waals surface area contributed by atoms with Gasteiger partial charge in [-0.25, -0.2) is 4.98 Å². The van der Waals surface area contributed by atoms with Crippen LogP contribution in [0.3, 0.4) is 0 Å². The summed E-state index contributed by atoms with van der Waals surface area (Å²) in [4.78, 5) is 7.45. The highest BCUT2D eigenvalue weighted by atomic mass is 14.9. The lowest BCUT2D eigenvalue weighted by Gasteiger charge is -2.07. The van der Waals surface area contributed by atoms with Gasteiger partial charge in [0, 0.05) is 0 Å². The lowest BCUT2D eigenvalue weighted by Crippen LogP contribution is -1.85. The molecule has 0 atom stereocenters. The number of hydrogen-bond acceptors (Lipinski definition) is 1. The molecule has 1 aliphatic rings. The third kappa shape index (κ3) is 2.16. The Morgan fingerprint density at radius 1 is 0.750 bits per heavy atom. The summed E-state index contributed by atoms with van der Waals surface area (Å²) in [7, 11) is 0. The van der Waals surface area contributed by atoms with E-state index in [1.54, 1.807) is 6.33 Å². The zero-order valence-electron chi connectivity index (χ0n) is 13.2. The van der Waals surface area contributed by atoms with E-state index in [1.165, 1.54) is 33.4 Å². The van der Waals surface area contributed by atoms with E-state index in [2.05, 4.69) is 82.8 Å². The van der Waals surface area contributed by atoms with Gasteiger partial charge in [0.1, 0.15) is 0 Å². The maximum atomic E-state index is 4.28. The summed E-state index contributed by atoms with van der Waals surface area (Å²) in [5, 5.41) is 0. The number of imidazole rings is 1. The molecule has 3 aromatic carbocycles. The Labute approximate surface area is 140 Å². The summed E-state index contributed by atoms with van der Waals surface area (Å²) in [6.45, 7) is 0. The van der Waals surface area contributed by atoms with Crippen LogP contribution < -0.4 is 0 Å². The van der Waals surface area contributed by atoms with Gasteiger partial charge in [-0.15, -0.1) is 0 Å². The number of benzene rings is 3. The second kappa shape index (κ2) is 5.20. The van der Waals surface area contributed by atoms with Gasteiger partial charge in [0.2, 0.25) is 0 Å². The number of nitrogens with one attached hydrogen (secondary N) is 1. The highest BCUT2D eigenvalue weighted by molar-refractivity contribution is 5.82. The van der Waals surface area contributed by atoms with Crippen molar-refractivity contribution in [3.8, 4) is 22.3 Å². The monoisotopic (exact) mass is 308 g/mol. The maximum Gasteiger partial charge on any atom is 0.0931 e. The Bertz CT molecular complexity index is 1070. The first-order valence-corrected chi connectivity index (χ1v) is 8.20. The van der Waals surface area contributed by atoms with Crippen LogP contribution in [0.1, 0.15) is 11.1 Å². The molecule has 0 radical (unpaired) electrons. The molecule has 1 aromatic heterocycles. The van der Waals surface area contributed by atoms with E-state index >= 15 is 0 Å². The van der Waals surface area contributed by atoms with E-state index < -0.39 is 0 Å². The van der Waals surface area contributed by atoms with Crippen LogP contribution in [0.4, 0.5) is 0 Å². The molecule has 0 saturated heterocycles. The van der Waals surface area contributed by atoms with Crippen LogP contribution in [0, 0.1) is 0 Å². The number of rotatable bonds is 2. The van der Waals surface area contributed by atoms with Gasteiger partial charge in [-0.2, -0.15) is 0 Å². The predicted octanol–water partition coefficient (Wildman–Crippen LogP) is 5.47. The second-order valence-corrected chi connectivity index (χ2v) is 6.23. The van der Waals surface area contributed by atoms with Crippen molar-refractivity contribution in [3.05, 3.63) is 84.2 Å². The average molecular weight is 308 g/mol. The lowest BCUT2D eigenvalue weighted by molar-refractivity contribution is 1.31. The van der Waals surface area contributed by atoms with Crippen LogP contribution in [0.25, 0.3) is 39.4 Å². The normalized spacial score (nSPS) is 12.7. The molecule has 24 heavy (non-hydrogen) atoms. The molecular weight excluding hydrogens is 292 g/mol. The fourth-order valence-corrected chi connectivity index (χ4v) is 3.41. The Balaban J connectivity index is 1.50. The number of aromatic nitrogens is 2. The van der Waals surface area contributed by atoms with Crippen molar-refractivity contribution in [3.63, 3.8) is 0 Å². The van der Waals surface area contributed by atoms with Gasteiger partial charge in [-0.1, -0.05) is 60.7 Å². The first-order valence-electron chi connectivity index (χ1n) is 8.20. The maximum absolute atomic E-state index is 4.28. The Morgan fingerprint density at radius 3 is 2.29 bits per heavy atom. The van der Waals surface area contributed by atoms with Gasteiger partial charge in [0.15, 0.2) is 0 Å². The molecular formula is C22H16N2. The summed E-state index contributed by atoms with van der Waals surface area (Å²) in [6, 6.07) is 21.9. The minimum absolute atomic E-state index is 1.00. The molecule has 5 rings (SSSR count). The van der Waals surface area contributed by atoms with Crippen molar-refractivity contribution >= 4 is 17.1 Å². The first-order chi connectivity index (χ1) is 11.9. The Morgan fingerprint density at radius 2 is 1.46 bits per heavy atom. The molecule has 2 heteroatoms. The molecule has 1 aliphatic carbocycles. The highest BCUT2D eigenvalue weighted by Crippen LogP contribution is 2.29. The van der Waals surface area contributed by atoms with Crippen LogP contribution in [0.2, 0.25) is 0 Å². The van der Waals surface area contributed by atoms with Crippen LogP contribution in [0.15, 0.2) is 73.1 Å². The third-order valence-electron chi connectivity index (χ3n) is 4.75. The highest BCUT2D eigenvalue weighted by Gasteiger charge is 2.07. The first kappa shape index (κ1) is 13.3. The van der Waals surface area contributed by atoms with Crippen LogP contribution in [-0.4, -0.2) is 9.97 Å². The summed E-state index contributed by atoms with van der Waals surface area (Å²) in [5.41, 5.74) is 9.81. The van der Waals surface area contributed by atoms with Gasteiger partial charge in [-0.05, 0) is 51.9 Å². The van der Waals surface area contributed by atoms with Gasteiger partial charge in [-0.3, -0.25) is 0 Å². The molecule has 0 spiro atoms. The lowest BCUT2D eigenvalue weighted by atomic mass is 9.97. The number of aromatic amines is 1. The second-order valence-electron chi connectivity index (χ2n) is 6.23. The zero-order valence-corrected chi connectivity index (χ0v) is 13.2. The molecule has 1 N–H and O–H groups in total. The van der Waals surface area contributed by atoms with Crippen molar-refractivity contribution in [1.29, 1.82) is 0 Å². The van der Waals surface area contributed by atoms with E-state index in [-0.39, 0.29) is 0 Å². The zero-order chi connectivity index (χ0) is 15.9. The van der Waals surface area contributed by atoms with Crippen LogP contribution in [0.5, 0.6) is 0 Å². The summed E-state index contributed by atoms with van der Waals surface area (Å²) in [6.07, 6.45) is 7.21. The van der Waals surface area contributed by atoms with Gasteiger partial charge in [0.25, 0.3) is 0 Å². The number of allylic oxidation sites excluding steroid dienone is 1. The van der Waals surface area contributed by atoms with Crippen molar-refractivity contribution in [1.82, 2.24) is 9.97 Å². The van der Waals surface area contributed by atoms with Gasteiger partial charge < -0.3 is 4.98 Å². The van der Waals surface area contributed by atoms with E-state index in [0.717, 1.165) is 17.5 Å². The molecule has 4 aromatic rings. The van der Waals surface area contributed by atoms with Crippen LogP contribution >= 0.6 is 0 Å². The fraction of sp³-hybridized carbons (Fsp3) is 0.0455. The standard InChI is InChI=1S/C22H16N2/c1-2-15-8-9-19(12-18(15)3-1)16-4-6-17(7-5-16)20-10-11-21-22(13-20)24-14-23-21/h1-2,4-14H,3H2,(H,23,24). The minimum Gasteiger partial charge on any atom is -0.345 e. The smallest absolute Gasteiger partial charge is 0.0931 e. The molecule has 0 bridgehead atoms.